The van der Waals surface area contributed by atoms with Crippen molar-refractivity contribution in [3.05, 3.63) is 18.0 Å². The largest absolute Gasteiger partial charge is 0.465 e. The average Bonchev–Trinajstić information content (AvgIpc) is 2.80. The van der Waals surface area contributed by atoms with Gasteiger partial charge in [0.1, 0.15) is 5.92 Å². The van der Waals surface area contributed by atoms with E-state index >= 15 is 0 Å². The molecule has 1 rings (SSSR count). The summed E-state index contributed by atoms with van der Waals surface area (Å²) in [4.78, 5) is 26.1. The third-order valence-corrected chi connectivity index (χ3v) is 2.99. The van der Waals surface area contributed by atoms with Gasteiger partial charge in [-0.15, -0.1) is 0 Å². The second-order valence-corrected chi connectivity index (χ2v) is 5.85. The van der Waals surface area contributed by atoms with Crippen LogP contribution in [0.25, 0.3) is 0 Å². The first kappa shape index (κ1) is 16.2. The zero-order valence-electron chi connectivity index (χ0n) is 12.8. The molecular weight excluding hydrogens is 258 g/mol. The first-order valence-electron chi connectivity index (χ1n) is 6.66. The maximum atomic E-state index is 12.5. The minimum absolute atomic E-state index is 0.239. The highest BCUT2D eigenvalue weighted by Crippen LogP contribution is 2.29. The fraction of sp³-hybridized carbons (Fsp3) is 0.643. The van der Waals surface area contributed by atoms with Crippen LogP contribution in [0, 0.1) is 11.3 Å². The molecule has 1 N–H and O–H groups in total. The molecule has 6 heteroatoms. The summed E-state index contributed by atoms with van der Waals surface area (Å²) in [7, 11) is 1.67. The third kappa shape index (κ3) is 4.08. The average molecular weight is 281 g/mol. The van der Waals surface area contributed by atoms with Crippen molar-refractivity contribution in [1.82, 2.24) is 15.1 Å². The number of aromatic amines is 1. The summed E-state index contributed by atoms with van der Waals surface area (Å²) in [6.45, 7) is 7.98. The highest BCUT2D eigenvalue weighted by atomic mass is 16.5. The molecule has 1 heterocycles. The molecule has 1 aromatic rings. The first-order chi connectivity index (χ1) is 9.27. The molecule has 0 fully saturated rings. The van der Waals surface area contributed by atoms with Crippen LogP contribution in [0.4, 0.5) is 0 Å². The lowest BCUT2D eigenvalue weighted by atomic mass is 9.79. The number of H-pyrrole nitrogens is 1. The van der Waals surface area contributed by atoms with E-state index in [1.807, 2.05) is 20.8 Å². The van der Waals surface area contributed by atoms with Crippen molar-refractivity contribution in [2.75, 3.05) is 13.7 Å². The van der Waals surface area contributed by atoms with Crippen molar-refractivity contribution in [2.45, 2.75) is 34.2 Å². The van der Waals surface area contributed by atoms with Crippen LogP contribution in [0.3, 0.4) is 0 Å². The molecule has 0 aromatic carbocycles. The second kappa shape index (κ2) is 6.54. The summed E-state index contributed by atoms with van der Waals surface area (Å²) in [5, 5.41) is 6.54. The van der Waals surface area contributed by atoms with Gasteiger partial charge >= 0.3 is 5.97 Å². The summed E-state index contributed by atoms with van der Waals surface area (Å²) in [6, 6.07) is 0. The van der Waals surface area contributed by atoms with E-state index in [1.54, 1.807) is 26.4 Å². The maximum absolute atomic E-state index is 12.5. The Hall–Kier alpha value is -1.85. The monoisotopic (exact) mass is 281 g/mol. The lowest BCUT2D eigenvalue weighted by Gasteiger charge is -2.31. The van der Waals surface area contributed by atoms with Gasteiger partial charge in [0.05, 0.1) is 12.8 Å². The number of ether oxygens (including phenoxy) is 1. The van der Waals surface area contributed by atoms with Gasteiger partial charge in [0.2, 0.25) is 5.91 Å². The molecule has 0 radical (unpaired) electrons. The number of aromatic nitrogens is 2. The Bertz CT molecular complexity index is 449. The maximum Gasteiger partial charge on any atom is 0.319 e. The van der Waals surface area contributed by atoms with Crippen molar-refractivity contribution in [2.24, 2.45) is 11.3 Å². The first-order valence-corrected chi connectivity index (χ1v) is 6.66. The van der Waals surface area contributed by atoms with Gasteiger partial charge in [-0.3, -0.25) is 14.7 Å². The van der Waals surface area contributed by atoms with Gasteiger partial charge in [-0.25, -0.2) is 0 Å². The summed E-state index contributed by atoms with van der Waals surface area (Å²) < 4.78 is 5.03. The predicted octanol–water partition coefficient (Wildman–Crippen LogP) is 1.59. The number of carbonyl (C=O) groups excluding carboxylic acids is 2. The molecular formula is C14H23N3O3. The van der Waals surface area contributed by atoms with E-state index < -0.39 is 17.3 Å². The lowest BCUT2D eigenvalue weighted by molar-refractivity contribution is -0.160. The van der Waals surface area contributed by atoms with Crippen LogP contribution >= 0.6 is 0 Å². The van der Waals surface area contributed by atoms with Gasteiger partial charge in [0.25, 0.3) is 0 Å². The molecule has 0 aliphatic heterocycles. The highest BCUT2D eigenvalue weighted by molar-refractivity contribution is 5.98. The van der Waals surface area contributed by atoms with E-state index in [4.69, 9.17) is 4.74 Å². The Morgan fingerprint density at radius 2 is 2.10 bits per heavy atom. The fourth-order valence-corrected chi connectivity index (χ4v) is 1.99. The molecule has 1 atom stereocenters. The van der Waals surface area contributed by atoms with Crippen LogP contribution in [-0.4, -0.2) is 40.6 Å². The summed E-state index contributed by atoms with van der Waals surface area (Å²) in [5.41, 5.74) is 0.394. The number of nitrogens with zero attached hydrogens (tertiary/aromatic N) is 2. The quantitative estimate of drug-likeness (QED) is 0.657. The normalized spacial score (nSPS) is 12.8. The smallest absolute Gasteiger partial charge is 0.319 e. The molecule has 0 aliphatic carbocycles. The Morgan fingerprint density at radius 1 is 1.45 bits per heavy atom. The number of amides is 1. The molecule has 112 valence electrons. The Labute approximate surface area is 119 Å². The predicted molar refractivity (Wildman–Crippen MR) is 74.6 cm³/mol. The zero-order valence-corrected chi connectivity index (χ0v) is 12.8. The topological polar surface area (TPSA) is 75.3 Å². The standard InChI is InChI=1S/C14H23N3O3/c1-6-20-13(19)11(14(2,3)4)12(18)17(5)9-10-7-15-16-8-10/h7-8,11H,6,9H2,1-5H3,(H,15,16). The van der Waals surface area contributed by atoms with E-state index in [9.17, 15) is 9.59 Å². The van der Waals surface area contributed by atoms with Gasteiger partial charge in [-0.05, 0) is 12.3 Å². The van der Waals surface area contributed by atoms with E-state index in [1.165, 1.54) is 4.90 Å². The molecule has 0 saturated heterocycles. The number of nitrogens with one attached hydrogen (secondary N) is 1. The zero-order chi connectivity index (χ0) is 15.3. The van der Waals surface area contributed by atoms with Crippen molar-refractivity contribution in [3.8, 4) is 0 Å². The minimum Gasteiger partial charge on any atom is -0.465 e. The molecule has 0 bridgehead atoms. The minimum atomic E-state index is -0.806. The van der Waals surface area contributed by atoms with Gasteiger partial charge in [-0.2, -0.15) is 5.10 Å². The molecule has 0 spiro atoms. The number of esters is 1. The SMILES string of the molecule is CCOC(=O)C(C(=O)N(C)Cc1cn[nH]c1)C(C)(C)C. The highest BCUT2D eigenvalue weighted by Gasteiger charge is 2.40. The van der Waals surface area contributed by atoms with Crippen LogP contribution < -0.4 is 0 Å². The van der Waals surface area contributed by atoms with Crippen molar-refractivity contribution in [1.29, 1.82) is 0 Å². The van der Waals surface area contributed by atoms with Gasteiger partial charge in [-0.1, -0.05) is 20.8 Å². The van der Waals surface area contributed by atoms with Gasteiger partial charge < -0.3 is 9.64 Å². The number of carbonyl (C=O) groups is 2. The molecule has 0 aliphatic rings. The van der Waals surface area contributed by atoms with E-state index in [2.05, 4.69) is 10.2 Å². The molecule has 1 amide bonds. The van der Waals surface area contributed by atoms with Crippen molar-refractivity contribution < 1.29 is 14.3 Å². The molecule has 20 heavy (non-hydrogen) atoms. The Balaban J connectivity index is 2.84. The number of hydrogen-bond acceptors (Lipinski definition) is 4. The van der Waals surface area contributed by atoms with Crippen LogP contribution in [0.5, 0.6) is 0 Å². The van der Waals surface area contributed by atoms with Crippen molar-refractivity contribution in [3.63, 3.8) is 0 Å². The molecule has 0 saturated carbocycles. The van der Waals surface area contributed by atoms with E-state index in [0.717, 1.165) is 5.56 Å². The molecule has 6 nitrogen and oxygen atoms in total. The summed E-state index contributed by atoms with van der Waals surface area (Å²) in [5.74, 6) is -1.51. The van der Waals surface area contributed by atoms with E-state index in [-0.39, 0.29) is 12.5 Å². The van der Waals surface area contributed by atoms with E-state index in [0.29, 0.717) is 6.54 Å². The van der Waals surface area contributed by atoms with Crippen LogP contribution in [0.15, 0.2) is 12.4 Å². The Morgan fingerprint density at radius 3 is 2.55 bits per heavy atom. The second-order valence-electron chi connectivity index (χ2n) is 5.85. The van der Waals surface area contributed by atoms with Gasteiger partial charge in [0, 0.05) is 25.4 Å². The molecule has 1 aromatic heterocycles. The summed E-state index contributed by atoms with van der Waals surface area (Å²) in [6.07, 6.45) is 3.38. The van der Waals surface area contributed by atoms with Gasteiger partial charge in [0.15, 0.2) is 0 Å². The third-order valence-electron chi connectivity index (χ3n) is 2.99. The fourth-order valence-electron chi connectivity index (χ4n) is 1.99. The Kier molecular flexibility index (Phi) is 5.30. The van der Waals surface area contributed by atoms with Crippen LogP contribution in [-0.2, 0) is 20.9 Å². The van der Waals surface area contributed by atoms with Crippen molar-refractivity contribution >= 4 is 11.9 Å². The molecule has 1 unspecified atom stereocenters. The lowest BCUT2D eigenvalue weighted by Crippen LogP contribution is -2.44. The number of rotatable bonds is 5. The number of hydrogen-bond donors (Lipinski definition) is 1. The van der Waals surface area contributed by atoms with Crippen LogP contribution in [0.1, 0.15) is 33.3 Å². The summed E-state index contributed by atoms with van der Waals surface area (Å²) >= 11 is 0. The van der Waals surface area contributed by atoms with Crippen LogP contribution in [0.2, 0.25) is 0 Å².